The number of oxazole rings is 1. The zero-order valence-corrected chi connectivity index (χ0v) is 16.0. The average molecular weight is 435 g/mol. The number of alkyl halides is 3. The first kappa shape index (κ1) is 20.2. The lowest BCUT2D eigenvalue weighted by atomic mass is 10.2. The number of hydrogen-bond acceptors (Lipinski definition) is 8. The van der Waals surface area contributed by atoms with E-state index in [0.29, 0.717) is 12.3 Å². The summed E-state index contributed by atoms with van der Waals surface area (Å²) in [5, 5.41) is 0. The van der Waals surface area contributed by atoms with Gasteiger partial charge in [-0.2, -0.15) is 13.2 Å². The number of fused-ring (bicyclic) bond motifs is 1. The Balaban J connectivity index is 2.25. The number of sulfone groups is 2. The van der Waals surface area contributed by atoms with Gasteiger partial charge in [-0.1, -0.05) is 6.92 Å². The molecule has 0 atom stereocenters. The van der Waals surface area contributed by atoms with Gasteiger partial charge in [-0.15, -0.1) is 0 Å². The normalized spacial score (nSPS) is 13.2. The molecule has 0 spiro atoms. The van der Waals surface area contributed by atoms with Crippen LogP contribution in [0.4, 0.5) is 13.2 Å². The molecule has 150 valence electrons. The lowest BCUT2D eigenvalue weighted by Gasteiger charge is -2.10. The molecule has 13 heteroatoms. The van der Waals surface area contributed by atoms with Gasteiger partial charge >= 0.3 is 6.18 Å². The summed E-state index contributed by atoms with van der Waals surface area (Å²) < 4.78 is 92.1. The van der Waals surface area contributed by atoms with Crippen molar-refractivity contribution in [3.63, 3.8) is 0 Å². The molecule has 8 nitrogen and oxygen atoms in total. The minimum absolute atomic E-state index is 0.0144. The van der Waals surface area contributed by atoms with Crippen LogP contribution in [-0.4, -0.2) is 43.8 Å². The highest BCUT2D eigenvalue weighted by molar-refractivity contribution is 7.91. The van der Waals surface area contributed by atoms with Crippen LogP contribution in [0.1, 0.15) is 12.5 Å². The second-order valence-electron chi connectivity index (χ2n) is 5.76. The van der Waals surface area contributed by atoms with E-state index in [1.807, 2.05) is 0 Å². The van der Waals surface area contributed by atoms with E-state index >= 15 is 0 Å². The third-order valence-electron chi connectivity index (χ3n) is 3.75. The molecule has 0 aromatic carbocycles. The predicted molar refractivity (Wildman–Crippen MR) is 90.9 cm³/mol. The summed E-state index contributed by atoms with van der Waals surface area (Å²) in [6, 6.07) is 1.62. The zero-order chi connectivity index (χ0) is 20.9. The average Bonchev–Trinajstić information content (AvgIpc) is 3.02. The van der Waals surface area contributed by atoms with Crippen LogP contribution in [0.5, 0.6) is 0 Å². The summed E-state index contributed by atoms with van der Waals surface area (Å²) in [7, 11) is -7.70. The number of aromatic nitrogens is 3. The Kier molecular flexibility index (Phi) is 4.70. The fraction of sp³-hybridized carbons (Fsp3) is 0.267. The van der Waals surface area contributed by atoms with Gasteiger partial charge in [0.2, 0.25) is 11.6 Å². The van der Waals surface area contributed by atoms with Crippen molar-refractivity contribution < 1.29 is 34.4 Å². The lowest BCUT2D eigenvalue weighted by Crippen LogP contribution is -2.12. The predicted octanol–water partition coefficient (Wildman–Crippen LogP) is 2.50. The maximum Gasteiger partial charge on any atom is 0.417 e. The van der Waals surface area contributed by atoms with Gasteiger partial charge in [-0.3, -0.25) is 0 Å². The molecule has 0 bridgehead atoms. The fourth-order valence-electron chi connectivity index (χ4n) is 2.26. The summed E-state index contributed by atoms with van der Waals surface area (Å²) in [5.74, 6) is -0.867. The van der Waals surface area contributed by atoms with Crippen molar-refractivity contribution in [1.82, 2.24) is 15.0 Å². The monoisotopic (exact) mass is 435 g/mol. The molecule has 3 aromatic rings. The van der Waals surface area contributed by atoms with Gasteiger partial charge in [-0.25, -0.2) is 31.8 Å². The molecule has 0 saturated heterocycles. The highest BCUT2D eigenvalue weighted by Crippen LogP contribution is 2.34. The number of pyridine rings is 2. The number of rotatable bonds is 4. The first-order chi connectivity index (χ1) is 12.8. The fourth-order valence-corrected chi connectivity index (χ4v) is 3.88. The molecule has 0 aliphatic heterocycles. The molecule has 0 N–H and O–H groups in total. The minimum atomic E-state index is -4.79. The van der Waals surface area contributed by atoms with Crippen molar-refractivity contribution in [2.75, 3.05) is 12.0 Å². The largest absolute Gasteiger partial charge is 0.417 e. The molecular formula is C15H12F3N3O5S2. The first-order valence-electron chi connectivity index (χ1n) is 7.60. The maximum atomic E-state index is 13.0. The Bertz CT molecular complexity index is 1280. The van der Waals surface area contributed by atoms with Crippen molar-refractivity contribution in [1.29, 1.82) is 0 Å². The Morgan fingerprint density at radius 2 is 1.75 bits per heavy atom. The third-order valence-corrected chi connectivity index (χ3v) is 6.57. The topological polar surface area (TPSA) is 120 Å². The third kappa shape index (κ3) is 3.71. The molecule has 0 unspecified atom stereocenters. The summed E-state index contributed by atoms with van der Waals surface area (Å²) >= 11 is 0. The van der Waals surface area contributed by atoms with Crippen molar-refractivity contribution in [2.45, 2.75) is 22.9 Å². The second-order valence-corrected chi connectivity index (χ2v) is 10.0. The number of hydrogen-bond donors (Lipinski definition) is 0. The van der Waals surface area contributed by atoms with Crippen molar-refractivity contribution in [2.24, 2.45) is 0 Å². The van der Waals surface area contributed by atoms with Gasteiger partial charge in [0.1, 0.15) is 11.2 Å². The maximum absolute atomic E-state index is 13.0. The number of halogens is 3. The SMILES string of the molecule is CCS(=O)(=O)c1cc(C(F)(F)F)cnc1-c1nc2cc(S(C)(=O)=O)cnc2o1. The summed E-state index contributed by atoms with van der Waals surface area (Å²) in [6.45, 7) is 1.27. The van der Waals surface area contributed by atoms with E-state index < -0.39 is 53.6 Å². The molecule has 0 radical (unpaired) electrons. The lowest BCUT2D eigenvalue weighted by molar-refractivity contribution is -0.138. The molecule has 0 fully saturated rings. The van der Waals surface area contributed by atoms with E-state index in [9.17, 15) is 30.0 Å². The molecule has 3 heterocycles. The highest BCUT2D eigenvalue weighted by Gasteiger charge is 2.34. The van der Waals surface area contributed by atoms with E-state index in [0.717, 1.165) is 18.5 Å². The van der Waals surface area contributed by atoms with Gasteiger partial charge in [0.25, 0.3) is 0 Å². The zero-order valence-electron chi connectivity index (χ0n) is 14.3. The first-order valence-corrected chi connectivity index (χ1v) is 11.1. The highest BCUT2D eigenvalue weighted by atomic mass is 32.2. The summed E-state index contributed by atoms with van der Waals surface area (Å²) in [6.07, 6.45) is -2.35. The molecule has 0 amide bonds. The standard InChI is InChI=1S/C15H12F3N3O5S2/c1-3-28(24,25)11-4-8(15(16,17)18)6-19-12(11)14-21-10-5-9(27(2,22)23)7-20-13(10)26-14/h4-7H,3H2,1-2H3. The Labute approximate surface area is 157 Å². The van der Waals surface area contributed by atoms with Gasteiger partial charge in [-0.05, 0) is 12.1 Å². The molecule has 0 aliphatic rings. The van der Waals surface area contributed by atoms with Crippen LogP contribution in [0, 0.1) is 0 Å². The molecule has 28 heavy (non-hydrogen) atoms. The second kappa shape index (κ2) is 6.51. The van der Waals surface area contributed by atoms with Crippen LogP contribution in [0.3, 0.4) is 0 Å². The van der Waals surface area contributed by atoms with Crippen LogP contribution in [0.15, 0.2) is 38.7 Å². The van der Waals surface area contributed by atoms with Crippen LogP contribution in [-0.2, 0) is 25.9 Å². The molecule has 3 aromatic heterocycles. The van der Waals surface area contributed by atoms with Gasteiger partial charge in [0.05, 0.1) is 21.1 Å². The summed E-state index contributed by atoms with van der Waals surface area (Å²) in [5.41, 5.74) is -1.80. The molecule has 0 aliphatic carbocycles. The van der Waals surface area contributed by atoms with Crippen molar-refractivity contribution in [3.8, 4) is 11.6 Å². The van der Waals surface area contributed by atoms with Gasteiger partial charge in [0.15, 0.2) is 19.7 Å². The molecule has 0 saturated carbocycles. The summed E-state index contributed by atoms with van der Waals surface area (Å²) in [4.78, 5) is 10.5. The Morgan fingerprint density at radius 3 is 2.32 bits per heavy atom. The Hall–Kier alpha value is -2.54. The van der Waals surface area contributed by atoms with Crippen molar-refractivity contribution >= 4 is 30.9 Å². The van der Waals surface area contributed by atoms with E-state index in [2.05, 4.69) is 15.0 Å². The molecular weight excluding hydrogens is 423 g/mol. The van der Waals surface area contributed by atoms with E-state index in [1.165, 1.54) is 6.92 Å². The van der Waals surface area contributed by atoms with Crippen LogP contribution >= 0.6 is 0 Å². The van der Waals surface area contributed by atoms with Crippen LogP contribution in [0.25, 0.3) is 22.8 Å². The molecule has 3 rings (SSSR count). The smallest absolute Gasteiger partial charge is 0.416 e. The Morgan fingerprint density at radius 1 is 1.07 bits per heavy atom. The minimum Gasteiger partial charge on any atom is -0.416 e. The van der Waals surface area contributed by atoms with Crippen molar-refractivity contribution in [3.05, 3.63) is 30.1 Å². The van der Waals surface area contributed by atoms with E-state index in [1.54, 1.807) is 0 Å². The number of nitrogens with zero attached hydrogens (tertiary/aromatic N) is 3. The van der Waals surface area contributed by atoms with Gasteiger partial charge < -0.3 is 4.42 Å². The van der Waals surface area contributed by atoms with Crippen LogP contribution < -0.4 is 0 Å². The van der Waals surface area contributed by atoms with E-state index in [-0.39, 0.29) is 16.1 Å². The van der Waals surface area contributed by atoms with Gasteiger partial charge in [0, 0.05) is 18.6 Å². The quantitative estimate of drug-likeness (QED) is 0.613. The van der Waals surface area contributed by atoms with E-state index in [4.69, 9.17) is 4.42 Å². The van der Waals surface area contributed by atoms with Crippen LogP contribution in [0.2, 0.25) is 0 Å².